The molecule has 0 saturated carbocycles. The molecule has 1 saturated heterocycles. The molecule has 2 aliphatic heterocycles. The van der Waals surface area contributed by atoms with Crippen molar-refractivity contribution in [3.63, 3.8) is 0 Å². The molecule has 1 N–H and O–H groups in total. The van der Waals surface area contributed by atoms with Gasteiger partial charge in [-0.1, -0.05) is 78.9 Å². The average molecular weight is 775 g/mol. The zero-order chi connectivity index (χ0) is 40.2. The number of Topliss-reactive ketones (excluding diaryl/α,β-unsaturated/α-hetero) is 1. The molecule has 1 fully saturated rings. The molecule has 0 spiro atoms. The number of ketones is 1. The molecule has 10 nitrogen and oxygen atoms in total. The summed E-state index contributed by atoms with van der Waals surface area (Å²) in [5.41, 5.74) is 3.82. The van der Waals surface area contributed by atoms with Crippen LogP contribution in [0.5, 0.6) is 0 Å². The number of hydrogen-bond acceptors (Lipinski definition) is 7. The van der Waals surface area contributed by atoms with E-state index in [2.05, 4.69) is 11.8 Å². The topological polar surface area (TPSA) is 123 Å². The fourth-order valence-corrected chi connectivity index (χ4v) is 9.94. The molecule has 10 heteroatoms. The first kappa shape index (κ1) is 37.4. The lowest BCUT2D eigenvalue weighted by atomic mass is 9.67. The van der Waals surface area contributed by atoms with Crippen molar-refractivity contribution < 1.29 is 34.0 Å². The quantitative estimate of drug-likeness (QED) is 0.219. The first-order valence-corrected chi connectivity index (χ1v) is 20.5. The number of likely N-dealkylation sites (N-methyl/N-ethyl adjacent to an activating group) is 2. The van der Waals surface area contributed by atoms with E-state index in [1.807, 2.05) is 98.0 Å². The third-order valence-electron chi connectivity index (χ3n) is 13.1. The first-order chi connectivity index (χ1) is 28.2. The van der Waals surface area contributed by atoms with Gasteiger partial charge in [-0.05, 0) is 73.2 Å². The fourth-order valence-electron chi connectivity index (χ4n) is 9.94. The van der Waals surface area contributed by atoms with E-state index in [-0.39, 0.29) is 83.5 Å². The summed E-state index contributed by atoms with van der Waals surface area (Å²) >= 11 is 0. The maximum Gasteiger partial charge on any atom is 0.261 e. The summed E-state index contributed by atoms with van der Waals surface area (Å²) < 4.78 is 0. The number of imide groups is 2. The zero-order valence-corrected chi connectivity index (χ0v) is 32.7. The van der Waals surface area contributed by atoms with Crippen molar-refractivity contribution in [1.29, 1.82) is 0 Å². The largest absolute Gasteiger partial charge is 0.874 e. The highest BCUT2D eigenvalue weighted by molar-refractivity contribution is 6.30. The summed E-state index contributed by atoms with van der Waals surface area (Å²) in [6.07, 6.45) is 18.5. The second-order valence-electron chi connectivity index (χ2n) is 16.0. The minimum atomic E-state index is -0.767. The van der Waals surface area contributed by atoms with Gasteiger partial charge < -0.3 is 14.9 Å². The van der Waals surface area contributed by atoms with Gasteiger partial charge in [0.25, 0.3) is 11.8 Å². The number of carbonyl (C=O) groups is 5. The molecule has 2 heterocycles. The normalized spacial score (nSPS) is 26.3. The van der Waals surface area contributed by atoms with Crippen molar-refractivity contribution in [3.05, 3.63) is 143 Å². The van der Waals surface area contributed by atoms with Crippen LogP contribution in [0.4, 0.5) is 5.69 Å². The maximum absolute atomic E-state index is 13.5. The predicted molar refractivity (Wildman–Crippen MR) is 219 cm³/mol. The van der Waals surface area contributed by atoms with E-state index in [1.54, 1.807) is 24.3 Å². The van der Waals surface area contributed by atoms with Crippen molar-refractivity contribution in [1.82, 2.24) is 9.80 Å². The molecule has 4 aliphatic carbocycles. The Hall–Kier alpha value is -6.13. The number of nitrogens with one attached hydrogen (secondary N) is 1. The third-order valence-corrected chi connectivity index (χ3v) is 13.1. The van der Waals surface area contributed by atoms with Crippen LogP contribution >= 0.6 is 0 Å². The van der Waals surface area contributed by atoms with Gasteiger partial charge in [0.05, 0.1) is 25.6 Å². The van der Waals surface area contributed by atoms with Crippen LogP contribution in [0.2, 0.25) is 0 Å². The van der Waals surface area contributed by atoms with Crippen LogP contribution in [0.15, 0.2) is 127 Å². The number of anilines is 1. The number of piperidine rings is 1. The zero-order valence-electron chi connectivity index (χ0n) is 32.7. The first-order valence-electron chi connectivity index (χ1n) is 20.5. The highest BCUT2D eigenvalue weighted by Crippen LogP contribution is 2.44. The van der Waals surface area contributed by atoms with Crippen LogP contribution < -0.4 is 14.9 Å². The molecular weight excluding hydrogens is 729 g/mol. The SMILES string of the molecule is CCN(CCN1C(=O)C2C=CC=C3C=CCC(C1=O)C32)c1ccc(C2=C([O-])C(C3C=CC([NH+](CC)CCN4C(=O)c5cccc6cccc(c56)C4=O)C=C3)C2=O)cc1. The highest BCUT2D eigenvalue weighted by Gasteiger charge is 2.49. The predicted octanol–water partition coefficient (Wildman–Crippen LogP) is 3.92. The molecule has 0 radical (unpaired) electrons. The number of benzene rings is 3. The molecule has 3 aromatic carbocycles. The molecule has 5 atom stereocenters. The van der Waals surface area contributed by atoms with Crippen LogP contribution in [-0.2, 0) is 14.4 Å². The maximum atomic E-state index is 13.5. The minimum Gasteiger partial charge on any atom is -0.874 e. The minimum absolute atomic E-state index is 0.0312. The number of hydrogen-bond donors (Lipinski definition) is 1. The molecule has 0 bridgehead atoms. The molecule has 9 rings (SSSR count). The van der Waals surface area contributed by atoms with E-state index in [4.69, 9.17) is 0 Å². The lowest BCUT2D eigenvalue weighted by Crippen LogP contribution is -3.15. The molecule has 294 valence electrons. The second-order valence-corrected chi connectivity index (χ2v) is 16.0. The fraction of sp³-hybridized carbons (Fsp3) is 0.312. The van der Waals surface area contributed by atoms with Crippen molar-refractivity contribution in [2.45, 2.75) is 26.3 Å². The Morgan fingerprint density at radius 1 is 0.810 bits per heavy atom. The lowest BCUT2D eigenvalue weighted by Gasteiger charge is -2.44. The molecule has 3 aromatic rings. The van der Waals surface area contributed by atoms with Gasteiger partial charge in [-0.2, -0.15) is 0 Å². The van der Waals surface area contributed by atoms with E-state index >= 15 is 0 Å². The van der Waals surface area contributed by atoms with Crippen LogP contribution in [0.3, 0.4) is 0 Å². The summed E-state index contributed by atoms with van der Waals surface area (Å²) in [4.78, 5) is 73.5. The van der Waals surface area contributed by atoms with Gasteiger partial charge in [-0.15, -0.1) is 5.76 Å². The van der Waals surface area contributed by atoms with Gasteiger partial charge in [-0.3, -0.25) is 33.8 Å². The number of carbonyl (C=O) groups excluding carboxylic acids is 5. The number of quaternary nitrogens is 1. The Morgan fingerprint density at radius 3 is 2.17 bits per heavy atom. The Labute approximate surface area is 337 Å². The molecular formula is C48H46N4O6. The van der Waals surface area contributed by atoms with Crippen LogP contribution in [0, 0.1) is 29.6 Å². The lowest BCUT2D eigenvalue weighted by molar-refractivity contribution is -0.909. The van der Waals surface area contributed by atoms with Gasteiger partial charge in [0.1, 0.15) is 6.04 Å². The van der Waals surface area contributed by atoms with Crippen molar-refractivity contribution in [3.8, 4) is 0 Å². The summed E-state index contributed by atoms with van der Waals surface area (Å²) in [6.45, 7) is 7.04. The van der Waals surface area contributed by atoms with E-state index < -0.39 is 5.92 Å². The summed E-state index contributed by atoms with van der Waals surface area (Å²) in [5, 5.41) is 15.1. The van der Waals surface area contributed by atoms with Gasteiger partial charge in [-0.25, -0.2) is 0 Å². The Balaban J connectivity index is 0.814. The van der Waals surface area contributed by atoms with E-state index in [0.29, 0.717) is 48.1 Å². The molecule has 58 heavy (non-hydrogen) atoms. The van der Waals surface area contributed by atoms with E-state index in [1.165, 1.54) is 9.80 Å². The summed E-state index contributed by atoms with van der Waals surface area (Å²) in [5.74, 6) is -2.88. The highest BCUT2D eigenvalue weighted by atomic mass is 16.3. The number of nitrogens with zero attached hydrogens (tertiary/aromatic N) is 3. The Kier molecular flexibility index (Phi) is 9.68. The van der Waals surface area contributed by atoms with Crippen LogP contribution in [0.25, 0.3) is 16.3 Å². The summed E-state index contributed by atoms with van der Waals surface area (Å²) in [7, 11) is 0. The smallest absolute Gasteiger partial charge is 0.261 e. The Bertz CT molecular complexity index is 2370. The van der Waals surface area contributed by atoms with Gasteiger partial charge in [0.2, 0.25) is 11.8 Å². The molecule has 6 aliphatic rings. The van der Waals surface area contributed by atoms with Crippen molar-refractivity contribution in [2.24, 2.45) is 29.6 Å². The number of amides is 4. The van der Waals surface area contributed by atoms with Crippen LogP contribution in [-0.4, -0.2) is 84.5 Å². The average Bonchev–Trinajstić information content (AvgIpc) is 3.25. The third kappa shape index (κ3) is 6.09. The monoisotopic (exact) mass is 774 g/mol. The second kappa shape index (κ2) is 15.0. The molecule has 5 unspecified atom stereocenters. The molecule has 4 amide bonds. The summed E-state index contributed by atoms with van der Waals surface area (Å²) in [6, 6.07) is 18.4. The van der Waals surface area contributed by atoms with Crippen molar-refractivity contribution in [2.75, 3.05) is 44.2 Å². The number of allylic oxidation sites excluding steroid dienone is 9. The molecule has 0 aromatic heterocycles. The Morgan fingerprint density at radius 2 is 1.52 bits per heavy atom. The van der Waals surface area contributed by atoms with Gasteiger partial charge >= 0.3 is 0 Å². The van der Waals surface area contributed by atoms with Crippen molar-refractivity contribution >= 4 is 51.4 Å². The van der Waals surface area contributed by atoms with Gasteiger partial charge in [0, 0.05) is 71.1 Å². The van der Waals surface area contributed by atoms with E-state index in [0.717, 1.165) is 28.1 Å². The van der Waals surface area contributed by atoms with E-state index in [9.17, 15) is 29.1 Å². The van der Waals surface area contributed by atoms with Gasteiger partial charge in [0.15, 0.2) is 5.78 Å². The van der Waals surface area contributed by atoms with Crippen LogP contribution in [0.1, 0.15) is 46.5 Å². The number of rotatable bonds is 12. The standard InChI is InChI=1S/C48H46N4O6/c1-3-49(25-27-51-45(55)35-13-5-9-29-10-6-14-36(39(29)35)46(51)56)33-21-17-31(18-22-33)41-43(53)42(44(41)54)32-19-23-34(24-20-32)50(4-2)26-28-52-47(57)37-15-7-11-30-12-8-16-38(40(30)37)48(52)58/h5-15,17-24,31,33,37-38,40-41,53H,3-4,16,25-28H2,1-2H3. The number of likely N-dealkylation sites (tertiary alicyclic amines) is 1.